The van der Waals surface area contributed by atoms with E-state index in [1.165, 1.54) is 134 Å². The highest BCUT2D eigenvalue weighted by atomic mass is 15.1. The van der Waals surface area contributed by atoms with Gasteiger partial charge in [-0.1, -0.05) is 117 Å². The van der Waals surface area contributed by atoms with E-state index in [2.05, 4.69) is 29.6 Å². The molecule has 0 saturated heterocycles. The van der Waals surface area contributed by atoms with Crippen molar-refractivity contribution in [2.75, 3.05) is 0 Å². The van der Waals surface area contributed by atoms with Crippen molar-refractivity contribution >= 4 is 0 Å². The fourth-order valence-electron chi connectivity index (χ4n) is 3.96. The molecule has 0 bridgehead atoms. The molecule has 0 aliphatic heterocycles. The van der Waals surface area contributed by atoms with Crippen molar-refractivity contribution in [1.29, 1.82) is 0 Å². The van der Waals surface area contributed by atoms with Crippen molar-refractivity contribution in [2.24, 2.45) is 0 Å². The highest BCUT2D eigenvalue weighted by molar-refractivity contribution is 4.92. The first-order chi connectivity index (χ1) is 13.4. The Bertz CT molecular complexity index is 410. The lowest BCUT2D eigenvalue weighted by Crippen LogP contribution is -2.03. The summed E-state index contributed by atoms with van der Waals surface area (Å²) in [5, 5.41) is 0. The Morgan fingerprint density at radius 1 is 0.593 bits per heavy atom. The third kappa shape index (κ3) is 13.9. The van der Waals surface area contributed by atoms with Gasteiger partial charge in [0.1, 0.15) is 5.82 Å². The van der Waals surface area contributed by atoms with Gasteiger partial charge >= 0.3 is 0 Å². The Hall–Kier alpha value is -0.790. The van der Waals surface area contributed by atoms with Gasteiger partial charge in [0.25, 0.3) is 0 Å². The Kier molecular flexibility index (Phi) is 16.7. The average Bonchev–Trinajstić information content (AvgIpc) is 3.12. The minimum atomic E-state index is 1.17. The van der Waals surface area contributed by atoms with Gasteiger partial charge in [0.05, 0.1) is 0 Å². The molecule has 0 unspecified atom stereocenters. The maximum atomic E-state index is 4.60. The first-order valence-corrected chi connectivity index (χ1v) is 12.4. The number of unbranched alkanes of at least 4 members (excludes halogenated alkanes) is 16. The SMILES string of the molecule is CCCCCCCCCCCCCCc1nccn1CCCCCCCC. The normalized spacial score (nSPS) is 11.3. The summed E-state index contributed by atoms with van der Waals surface area (Å²) >= 11 is 0. The fraction of sp³-hybridized carbons (Fsp3) is 0.880. The summed E-state index contributed by atoms with van der Waals surface area (Å²) in [6.45, 7) is 5.75. The molecule has 0 aliphatic rings. The van der Waals surface area contributed by atoms with Gasteiger partial charge in [-0.2, -0.15) is 0 Å². The van der Waals surface area contributed by atoms with Crippen LogP contribution < -0.4 is 0 Å². The summed E-state index contributed by atoms with van der Waals surface area (Å²) in [6.07, 6.45) is 30.6. The minimum absolute atomic E-state index is 1.17. The highest BCUT2D eigenvalue weighted by Gasteiger charge is 2.02. The molecule has 2 nitrogen and oxygen atoms in total. The third-order valence-corrected chi connectivity index (χ3v) is 5.81. The van der Waals surface area contributed by atoms with Gasteiger partial charge in [-0.15, -0.1) is 0 Å². The van der Waals surface area contributed by atoms with Gasteiger partial charge in [0, 0.05) is 25.4 Å². The number of aromatic nitrogens is 2. The van der Waals surface area contributed by atoms with Gasteiger partial charge in [-0.05, 0) is 12.8 Å². The lowest BCUT2D eigenvalue weighted by atomic mass is 10.0. The van der Waals surface area contributed by atoms with E-state index in [1.54, 1.807) is 0 Å². The summed E-state index contributed by atoms with van der Waals surface area (Å²) in [4.78, 5) is 4.60. The molecule has 0 radical (unpaired) electrons. The topological polar surface area (TPSA) is 17.8 Å². The van der Waals surface area contributed by atoms with Gasteiger partial charge in [-0.3, -0.25) is 0 Å². The van der Waals surface area contributed by atoms with E-state index < -0.39 is 0 Å². The van der Waals surface area contributed by atoms with Gasteiger partial charge in [0.15, 0.2) is 0 Å². The van der Waals surface area contributed by atoms with E-state index in [0.29, 0.717) is 0 Å². The monoisotopic (exact) mass is 376 g/mol. The van der Waals surface area contributed by atoms with Gasteiger partial charge < -0.3 is 4.57 Å². The van der Waals surface area contributed by atoms with E-state index in [4.69, 9.17) is 0 Å². The first kappa shape index (κ1) is 24.2. The Morgan fingerprint density at radius 3 is 1.56 bits per heavy atom. The van der Waals surface area contributed by atoms with Crippen LogP contribution in [0.15, 0.2) is 12.4 Å². The van der Waals surface area contributed by atoms with E-state index in [0.717, 1.165) is 0 Å². The maximum absolute atomic E-state index is 4.60. The molecule has 0 amide bonds. The Labute approximate surface area is 170 Å². The molecule has 0 aliphatic carbocycles. The van der Waals surface area contributed by atoms with E-state index in [-0.39, 0.29) is 0 Å². The average molecular weight is 377 g/mol. The number of aryl methyl sites for hydroxylation is 2. The molecule has 0 N–H and O–H groups in total. The quantitative estimate of drug-likeness (QED) is 0.209. The summed E-state index contributed by atoms with van der Waals surface area (Å²) < 4.78 is 2.40. The van der Waals surface area contributed by atoms with Gasteiger partial charge in [-0.25, -0.2) is 4.98 Å². The number of rotatable bonds is 20. The first-order valence-electron chi connectivity index (χ1n) is 12.4. The predicted octanol–water partition coefficient (Wildman–Crippen LogP) is 8.49. The summed E-state index contributed by atoms with van der Waals surface area (Å²) in [6, 6.07) is 0. The molecular weight excluding hydrogens is 328 g/mol. The lowest BCUT2D eigenvalue weighted by molar-refractivity contribution is 0.528. The molecular formula is C25H48N2. The molecule has 0 fully saturated rings. The zero-order chi connectivity index (χ0) is 19.4. The summed E-state index contributed by atoms with van der Waals surface area (Å²) in [5.41, 5.74) is 0. The molecule has 0 aromatic carbocycles. The smallest absolute Gasteiger partial charge is 0.108 e. The second-order valence-corrected chi connectivity index (χ2v) is 8.44. The minimum Gasteiger partial charge on any atom is -0.335 e. The highest BCUT2D eigenvalue weighted by Crippen LogP contribution is 2.13. The molecule has 1 aromatic heterocycles. The van der Waals surface area contributed by atoms with Crippen LogP contribution in [-0.2, 0) is 13.0 Å². The van der Waals surface area contributed by atoms with Crippen molar-refractivity contribution in [3.63, 3.8) is 0 Å². The molecule has 0 saturated carbocycles. The molecule has 1 rings (SSSR count). The molecule has 0 atom stereocenters. The molecule has 0 spiro atoms. The molecule has 27 heavy (non-hydrogen) atoms. The summed E-state index contributed by atoms with van der Waals surface area (Å²) in [7, 11) is 0. The lowest BCUT2D eigenvalue weighted by Gasteiger charge is -2.08. The standard InChI is InChI=1S/C25H48N2/c1-3-5-7-9-11-12-13-14-15-16-17-19-21-25-26-22-24-27(25)23-20-18-10-8-6-4-2/h22,24H,3-21,23H2,1-2H3. The predicted molar refractivity (Wildman–Crippen MR) is 120 cm³/mol. The van der Waals surface area contributed by atoms with Crippen LogP contribution in [0.5, 0.6) is 0 Å². The molecule has 158 valence electrons. The van der Waals surface area contributed by atoms with Crippen LogP contribution in [0.2, 0.25) is 0 Å². The second-order valence-electron chi connectivity index (χ2n) is 8.44. The van der Waals surface area contributed by atoms with Crippen LogP contribution in [0.25, 0.3) is 0 Å². The largest absolute Gasteiger partial charge is 0.335 e. The van der Waals surface area contributed by atoms with Crippen molar-refractivity contribution in [3.05, 3.63) is 18.2 Å². The number of hydrogen-bond acceptors (Lipinski definition) is 1. The molecule has 2 heteroatoms. The van der Waals surface area contributed by atoms with E-state index >= 15 is 0 Å². The maximum Gasteiger partial charge on any atom is 0.108 e. The van der Waals surface area contributed by atoms with Crippen LogP contribution in [0.3, 0.4) is 0 Å². The zero-order valence-corrected chi connectivity index (χ0v) is 18.7. The van der Waals surface area contributed by atoms with Crippen molar-refractivity contribution in [1.82, 2.24) is 9.55 Å². The van der Waals surface area contributed by atoms with Crippen LogP contribution in [0.1, 0.15) is 135 Å². The van der Waals surface area contributed by atoms with Crippen molar-refractivity contribution in [2.45, 2.75) is 142 Å². The van der Waals surface area contributed by atoms with E-state index in [9.17, 15) is 0 Å². The van der Waals surface area contributed by atoms with Gasteiger partial charge in [0.2, 0.25) is 0 Å². The zero-order valence-electron chi connectivity index (χ0n) is 18.7. The fourth-order valence-corrected chi connectivity index (χ4v) is 3.96. The number of nitrogens with zero attached hydrogens (tertiary/aromatic N) is 2. The van der Waals surface area contributed by atoms with Crippen LogP contribution in [-0.4, -0.2) is 9.55 Å². The third-order valence-electron chi connectivity index (χ3n) is 5.81. The number of hydrogen-bond donors (Lipinski definition) is 0. The number of imidazole rings is 1. The molecule has 1 aromatic rings. The van der Waals surface area contributed by atoms with Crippen molar-refractivity contribution in [3.8, 4) is 0 Å². The molecule has 1 heterocycles. The van der Waals surface area contributed by atoms with Crippen LogP contribution in [0, 0.1) is 0 Å². The second kappa shape index (κ2) is 18.6. The van der Waals surface area contributed by atoms with Crippen LogP contribution >= 0.6 is 0 Å². The van der Waals surface area contributed by atoms with E-state index in [1.807, 2.05) is 6.20 Å². The van der Waals surface area contributed by atoms with Crippen LogP contribution in [0.4, 0.5) is 0 Å². The Balaban J connectivity index is 1.93. The van der Waals surface area contributed by atoms with Crippen molar-refractivity contribution < 1.29 is 0 Å². The Morgan fingerprint density at radius 2 is 1.04 bits per heavy atom. The summed E-state index contributed by atoms with van der Waals surface area (Å²) in [5.74, 6) is 1.32.